The molecule has 0 heterocycles. The van der Waals surface area contributed by atoms with Crippen LogP contribution in [0.25, 0.3) is 0 Å². The summed E-state index contributed by atoms with van der Waals surface area (Å²) < 4.78 is 5.83. The van der Waals surface area contributed by atoms with Crippen molar-refractivity contribution in [3.63, 3.8) is 0 Å². The number of aldehydes is 1. The molecule has 0 rings (SSSR count). The molecule has 0 aliphatic carbocycles. The Balaban J connectivity index is 0. The van der Waals surface area contributed by atoms with Gasteiger partial charge in [-0.25, -0.2) is 0 Å². The molecule has 0 saturated carbocycles. The summed E-state index contributed by atoms with van der Waals surface area (Å²) in [7, 11) is 1.00. The number of ether oxygens (including phenoxy) is 1. The SMILES string of the molecule is CCCCCCNC(=O)C(C)(C)CCOC(C)CCNC(=O)CCC(C=O)NC(=O)C(C)(C)C.CO. The maximum Gasteiger partial charge on any atom is 0.225 e. The number of nitrogens with one attached hydrogen (secondary N) is 3. The van der Waals surface area contributed by atoms with Gasteiger partial charge in [-0.05, 0) is 32.6 Å². The van der Waals surface area contributed by atoms with Crippen molar-refractivity contribution in [1.29, 1.82) is 0 Å². The van der Waals surface area contributed by atoms with E-state index in [2.05, 4.69) is 22.9 Å². The van der Waals surface area contributed by atoms with Gasteiger partial charge in [0.15, 0.2) is 0 Å². The highest BCUT2D eigenvalue weighted by molar-refractivity contribution is 5.84. The second-order valence-corrected chi connectivity index (χ2v) is 10.8. The van der Waals surface area contributed by atoms with Gasteiger partial charge in [-0.2, -0.15) is 0 Å². The van der Waals surface area contributed by atoms with Gasteiger partial charge < -0.3 is 30.6 Å². The summed E-state index contributed by atoms with van der Waals surface area (Å²) in [6.07, 6.45) is 6.82. The van der Waals surface area contributed by atoms with Crippen molar-refractivity contribution in [3.05, 3.63) is 0 Å². The third kappa shape index (κ3) is 18.3. The normalized spacial score (nSPS) is 13.0. The molecule has 9 heteroatoms. The van der Waals surface area contributed by atoms with E-state index in [1.807, 2.05) is 20.8 Å². The summed E-state index contributed by atoms with van der Waals surface area (Å²) in [5.74, 6) is -0.329. The third-order valence-corrected chi connectivity index (χ3v) is 5.78. The van der Waals surface area contributed by atoms with Gasteiger partial charge in [0.05, 0.1) is 12.1 Å². The Morgan fingerprint density at radius 1 is 0.917 bits per heavy atom. The quantitative estimate of drug-likeness (QED) is 0.164. The van der Waals surface area contributed by atoms with Crippen LogP contribution >= 0.6 is 0 Å². The third-order valence-electron chi connectivity index (χ3n) is 5.78. The molecule has 0 aliphatic heterocycles. The van der Waals surface area contributed by atoms with Crippen LogP contribution in [0.2, 0.25) is 0 Å². The second-order valence-electron chi connectivity index (χ2n) is 10.8. The molecule has 36 heavy (non-hydrogen) atoms. The number of unbranched alkanes of at least 4 members (excludes halogenated alkanes) is 3. The van der Waals surface area contributed by atoms with Crippen LogP contribution in [0.5, 0.6) is 0 Å². The van der Waals surface area contributed by atoms with Crippen molar-refractivity contribution in [1.82, 2.24) is 16.0 Å². The van der Waals surface area contributed by atoms with Crippen LogP contribution in [0.15, 0.2) is 0 Å². The number of carbonyl (C=O) groups is 4. The second kappa shape index (κ2) is 20.1. The van der Waals surface area contributed by atoms with Gasteiger partial charge in [-0.1, -0.05) is 60.8 Å². The van der Waals surface area contributed by atoms with Crippen molar-refractivity contribution in [3.8, 4) is 0 Å². The first-order valence-corrected chi connectivity index (χ1v) is 13.2. The molecular formula is C27H53N3O6. The van der Waals surface area contributed by atoms with Crippen molar-refractivity contribution in [2.75, 3.05) is 26.8 Å². The Morgan fingerprint density at radius 2 is 1.56 bits per heavy atom. The van der Waals surface area contributed by atoms with Gasteiger partial charge in [0.1, 0.15) is 6.29 Å². The number of amides is 3. The van der Waals surface area contributed by atoms with E-state index < -0.39 is 16.9 Å². The van der Waals surface area contributed by atoms with Crippen LogP contribution in [0, 0.1) is 10.8 Å². The summed E-state index contributed by atoms with van der Waals surface area (Å²) >= 11 is 0. The minimum absolute atomic E-state index is 0.0537. The van der Waals surface area contributed by atoms with Crippen molar-refractivity contribution in [2.24, 2.45) is 10.8 Å². The van der Waals surface area contributed by atoms with E-state index >= 15 is 0 Å². The largest absolute Gasteiger partial charge is 0.400 e. The van der Waals surface area contributed by atoms with E-state index in [4.69, 9.17) is 9.84 Å². The van der Waals surface area contributed by atoms with Crippen LogP contribution in [-0.4, -0.2) is 68.1 Å². The van der Waals surface area contributed by atoms with Crippen molar-refractivity contribution >= 4 is 24.0 Å². The summed E-state index contributed by atoms with van der Waals surface area (Å²) in [5, 5.41) is 15.5. The predicted octanol–water partition coefficient (Wildman–Crippen LogP) is 3.13. The van der Waals surface area contributed by atoms with Crippen LogP contribution < -0.4 is 16.0 Å². The predicted molar refractivity (Wildman–Crippen MR) is 143 cm³/mol. The Labute approximate surface area is 218 Å². The van der Waals surface area contributed by atoms with E-state index in [1.54, 1.807) is 20.8 Å². The number of aliphatic hydroxyl groups excluding tert-OH is 1. The molecule has 0 aliphatic rings. The zero-order valence-electron chi connectivity index (χ0n) is 24.0. The molecule has 4 N–H and O–H groups in total. The molecule has 2 atom stereocenters. The Hall–Kier alpha value is -2.00. The lowest BCUT2D eigenvalue weighted by molar-refractivity contribution is -0.131. The van der Waals surface area contributed by atoms with E-state index in [0.29, 0.717) is 32.3 Å². The molecule has 0 bridgehead atoms. The fraction of sp³-hybridized carbons (Fsp3) is 0.852. The molecule has 0 fully saturated rings. The van der Waals surface area contributed by atoms with Gasteiger partial charge in [0, 0.05) is 44.1 Å². The molecular weight excluding hydrogens is 462 g/mol. The fourth-order valence-corrected chi connectivity index (χ4v) is 3.05. The average molecular weight is 516 g/mol. The summed E-state index contributed by atoms with van der Waals surface area (Å²) in [5.41, 5.74) is -1.08. The van der Waals surface area contributed by atoms with Gasteiger partial charge in [-0.15, -0.1) is 0 Å². The first-order valence-electron chi connectivity index (χ1n) is 13.2. The molecule has 0 aromatic rings. The van der Waals surface area contributed by atoms with E-state index in [9.17, 15) is 19.2 Å². The standard InChI is InChI=1S/C26H49N3O5.CH4O/c1-8-9-10-11-16-28-24(33)26(6,7)15-18-34-20(2)14-17-27-22(31)13-12-21(19-30)29-23(32)25(3,4)5;1-2/h19-21H,8-18H2,1-7H3,(H,27,31)(H,28,33)(H,29,32);2H,1H3. The van der Waals surface area contributed by atoms with Crippen LogP contribution in [0.4, 0.5) is 0 Å². The molecule has 0 aromatic carbocycles. The fourth-order valence-electron chi connectivity index (χ4n) is 3.05. The van der Waals surface area contributed by atoms with Crippen LogP contribution in [-0.2, 0) is 23.9 Å². The van der Waals surface area contributed by atoms with E-state index in [1.165, 1.54) is 12.8 Å². The highest BCUT2D eigenvalue weighted by Gasteiger charge is 2.27. The number of rotatable bonds is 18. The molecule has 3 amide bonds. The molecule has 0 saturated heterocycles. The number of hydrogen-bond acceptors (Lipinski definition) is 6. The van der Waals surface area contributed by atoms with Crippen LogP contribution in [0.1, 0.15) is 99.8 Å². The van der Waals surface area contributed by atoms with Crippen LogP contribution in [0.3, 0.4) is 0 Å². The molecule has 0 aromatic heterocycles. The minimum Gasteiger partial charge on any atom is -0.400 e. The summed E-state index contributed by atoms with van der Waals surface area (Å²) in [4.78, 5) is 47.7. The van der Waals surface area contributed by atoms with Crippen molar-refractivity contribution in [2.45, 2.75) is 112 Å². The number of aliphatic hydroxyl groups is 1. The molecule has 2 unspecified atom stereocenters. The lowest BCUT2D eigenvalue weighted by Crippen LogP contribution is -2.43. The molecule has 0 spiro atoms. The zero-order valence-corrected chi connectivity index (χ0v) is 24.0. The smallest absolute Gasteiger partial charge is 0.225 e. The maximum absolute atomic E-state index is 12.4. The van der Waals surface area contributed by atoms with Gasteiger partial charge in [0.2, 0.25) is 17.7 Å². The Kier molecular flexibility index (Phi) is 20.2. The zero-order chi connectivity index (χ0) is 28.2. The van der Waals surface area contributed by atoms with Gasteiger partial charge in [0.25, 0.3) is 0 Å². The lowest BCUT2D eigenvalue weighted by atomic mass is 9.88. The molecule has 0 radical (unpaired) electrons. The van der Waals surface area contributed by atoms with Gasteiger partial charge >= 0.3 is 0 Å². The first kappa shape index (κ1) is 36.2. The highest BCUT2D eigenvalue weighted by Crippen LogP contribution is 2.21. The average Bonchev–Trinajstić information content (AvgIpc) is 2.81. The lowest BCUT2D eigenvalue weighted by Gasteiger charge is -2.24. The topological polar surface area (TPSA) is 134 Å². The Morgan fingerprint density at radius 3 is 2.11 bits per heavy atom. The van der Waals surface area contributed by atoms with Gasteiger partial charge in [-0.3, -0.25) is 14.4 Å². The molecule has 212 valence electrons. The van der Waals surface area contributed by atoms with Crippen molar-refractivity contribution < 1.29 is 29.0 Å². The monoisotopic (exact) mass is 515 g/mol. The minimum atomic E-state index is -0.670. The number of hydrogen-bond donors (Lipinski definition) is 4. The van der Waals surface area contributed by atoms with E-state index in [-0.39, 0.29) is 36.7 Å². The number of carbonyl (C=O) groups excluding carboxylic acids is 4. The van der Waals surface area contributed by atoms with E-state index in [0.717, 1.165) is 26.5 Å². The molecule has 9 nitrogen and oxygen atoms in total. The Bertz CT molecular complexity index is 631. The maximum atomic E-state index is 12.4. The first-order chi connectivity index (χ1) is 16.8. The summed E-state index contributed by atoms with van der Waals surface area (Å²) in [6.45, 7) is 14.9. The summed E-state index contributed by atoms with van der Waals surface area (Å²) in [6, 6.07) is -0.670. The highest BCUT2D eigenvalue weighted by atomic mass is 16.5.